The van der Waals surface area contributed by atoms with Crippen molar-refractivity contribution in [3.05, 3.63) is 30.1 Å². The number of nitrogens with one attached hydrogen (secondary N) is 2. The first-order chi connectivity index (χ1) is 9.49. The van der Waals surface area contributed by atoms with Gasteiger partial charge in [-0.1, -0.05) is 12.1 Å². The zero-order valence-electron chi connectivity index (χ0n) is 11.5. The lowest BCUT2D eigenvalue weighted by Crippen LogP contribution is -2.41. The molecule has 1 aromatic rings. The molecule has 2 N–H and O–H groups in total. The Morgan fingerprint density at radius 3 is 2.75 bits per heavy atom. The van der Waals surface area contributed by atoms with E-state index in [2.05, 4.69) is 10.6 Å². The van der Waals surface area contributed by atoms with Crippen molar-refractivity contribution in [2.24, 2.45) is 0 Å². The highest BCUT2D eigenvalue weighted by atomic mass is 32.2. The summed E-state index contributed by atoms with van der Waals surface area (Å²) in [5.41, 5.74) is 0. The second kappa shape index (κ2) is 8.52. The van der Waals surface area contributed by atoms with Crippen molar-refractivity contribution >= 4 is 16.8 Å². The normalized spacial score (nSPS) is 13.3. The van der Waals surface area contributed by atoms with Gasteiger partial charge in [-0.15, -0.1) is 0 Å². The molecule has 1 rings (SSSR count). The summed E-state index contributed by atoms with van der Waals surface area (Å²) in [6, 6.07) is 5.74. The highest BCUT2D eigenvalue weighted by Gasteiger charge is 2.09. The molecule has 0 spiro atoms. The van der Waals surface area contributed by atoms with E-state index in [1.807, 2.05) is 0 Å². The first-order valence-corrected chi connectivity index (χ1v) is 7.94. The SMILES string of the molecule is C[C@@H](CNC(=O)NCC[S@](C)=O)Oc1ccccc1F. The molecule has 0 unspecified atom stereocenters. The number of urea groups is 1. The van der Waals surface area contributed by atoms with Crippen molar-refractivity contribution in [2.45, 2.75) is 13.0 Å². The number of halogens is 1. The van der Waals surface area contributed by atoms with Gasteiger partial charge in [0.2, 0.25) is 0 Å². The van der Waals surface area contributed by atoms with E-state index in [1.165, 1.54) is 12.1 Å². The van der Waals surface area contributed by atoms with Crippen molar-refractivity contribution < 1.29 is 18.1 Å². The summed E-state index contributed by atoms with van der Waals surface area (Å²) in [6.07, 6.45) is 1.21. The Balaban J connectivity index is 2.26. The fourth-order valence-corrected chi connectivity index (χ4v) is 1.80. The van der Waals surface area contributed by atoms with Crippen LogP contribution >= 0.6 is 0 Å². The summed E-state index contributed by atoms with van der Waals surface area (Å²) >= 11 is 0. The van der Waals surface area contributed by atoms with E-state index in [9.17, 15) is 13.4 Å². The minimum Gasteiger partial charge on any atom is -0.486 e. The summed E-state index contributed by atoms with van der Waals surface area (Å²) in [7, 11) is -0.933. The largest absolute Gasteiger partial charge is 0.486 e. The number of carbonyl (C=O) groups excluding carboxylic acids is 1. The first kappa shape index (κ1) is 16.4. The Bertz CT molecular complexity index is 471. The van der Waals surface area contributed by atoms with Crippen LogP contribution < -0.4 is 15.4 Å². The molecule has 0 radical (unpaired) electrons. The molecule has 0 aliphatic carbocycles. The van der Waals surface area contributed by atoms with Crippen LogP contribution in [-0.2, 0) is 10.8 Å². The average molecular weight is 302 g/mol. The fraction of sp³-hybridized carbons (Fsp3) is 0.462. The number of carbonyl (C=O) groups is 1. The van der Waals surface area contributed by atoms with Gasteiger partial charge in [0, 0.05) is 29.4 Å². The maximum atomic E-state index is 13.3. The van der Waals surface area contributed by atoms with E-state index in [1.54, 1.807) is 25.3 Å². The molecule has 0 aromatic heterocycles. The van der Waals surface area contributed by atoms with Gasteiger partial charge in [-0.3, -0.25) is 4.21 Å². The second-order valence-corrected chi connectivity index (χ2v) is 5.83. The van der Waals surface area contributed by atoms with Gasteiger partial charge < -0.3 is 15.4 Å². The summed E-state index contributed by atoms with van der Waals surface area (Å²) in [6.45, 7) is 2.32. The third-order valence-electron chi connectivity index (χ3n) is 2.39. The summed E-state index contributed by atoms with van der Waals surface area (Å²) in [5, 5.41) is 5.17. The van der Waals surface area contributed by atoms with Crippen LogP contribution in [0.1, 0.15) is 6.92 Å². The summed E-state index contributed by atoms with van der Waals surface area (Å²) in [5.74, 6) is 0.132. The van der Waals surface area contributed by atoms with Crippen LogP contribution in [0.3, 0.4) is 0 Å². The van der Waals surface area contributed by atoms with Gasteiger partial charge in [-0.05, 0) is 19.1 Å². The fourth-order valence-electron chi connectivity index (χ4n) is 1.41. The lowest BCUT2D eigenvalue weighted by molar-refractivity contribution is 0.201. The Morgan fingerprint density at radius 2 is 2.10 bits per heavy atom. The number of rotatable bonds is 7. The minimum atomic E-state index is -0.933. The van der Waals surface area contributed by atoms with Crippen LogP contribution in [0, 0.1) is 5.82 Å². The Kier molecular flexibility index (Phi) is 7.00. The van der Waals surface area contributed by atoms with Crippen molar-refractivity contribution in [2.75, 3.05) is 25.1 Å². The van der Waals surface area contributed by atoms with Gasteiger partial charge in [0.15, 0.2) is 11.6 Å². The highest BCUT2D eigenvalue weighted by molar-refractivity contribution is 7.84. The third-order valence-corrected chi connectivity index (χ3v) is 3.17. The number of amides is 2. The maximum Gasteiger partial charge on any atom is 0.314 e. The molecule has 0 fully saturated rings. The van der Waals surface area contributed by atoms with Gasteiger partial charge in [0.1, 0.15) is 6.10 Å². The molecule has 2 atom stereocenters. The van der Waals surface area contributed by atoms with Crippen molar-refractivity contribution in [3.63, 3.8) is 0 Å². The molecule has 0 heterocycles. The van der Waals surface area contributed by atoms with E-state index in [4.69, 9.17) is 4.74 Å². The molecule has 0 aliphatic rings. The summed E-state index contributed by atoms with van der Waals surface area (Å²) in [4.78, 5) is 11.4. The minimum absolute atomic E-state index is 0.156. The molecule has 1 aromatic carbocycles. The predicted molar refractivity (Wildman–Crippen MR) is 76.8 cm³/mol. The van der Waals surface area contributed by atoms with Crippen LogP contribution in [0.5, 0.6) is 5.75 Å². The molecular weight excluding hydrogens is 283 g/mol. The zero-order valence-corrected chi connectivity index (χ0v) is 12.3. The smallest absolute Gasteiger partial charge is 0.314 e. The molecule has 5 nitrogen and oxygen atoms in total. The molecule has 0 aliphatic heterocycles. The lowest BCUT2D eigenvalue weighted by atomic mass is 10.3. The highest BCUT2D eigenvalue weighted by Crippen LogP contribution is 2.16. The Labute approximate surface area is 120 Å². The molecule has 112 valence electrons. The van der Waals surface area contributed by atoms with Crippen molar-refractivity contribution in [3.8, 4) is 5.75 Å². The number of ether oxygens (including phenoxy) is 1. The summed E-state index contributed by atoms with van der Waals surface area (Å²) < 4.78 is 29.5. The molecular formula is C13H19FN2O3S. The van der Waals surface area contributed by atoms with Crippen LogP contribution in [-0.4, -0.2) is 41.4 Å². The predicted octanol–water partition coefficient (Wildman–Crippen LogP) is 1.27. The van der Waals surface area contributed by atoms with Gasteiger partial charge in [-0.2, -0.15) is 0 Å². The number of hydrogen-bond acceptors (Lipinski definition) is 3. The van der Waals surface area contributed by atoms with E-state index in [-0.39, 0.29) is 24.4 Å². The monoisotopic (exact) mass is 302 g/mol. The number of benzene rings is 1. The number of hydrogen-bond donors (Lipinski definition) is 2. The molecule has 20 heavy (non-hydrogen) atoms. The van der Waals surface area contributed by atoms with Crippen LogP contribution in [0.4, 0.5) is 9.18 Å². The first-order valence-electron chi connectivity index (χ1n) is 6.22. The van der Waals surface area contributed by atoms with Gasteiger partial charge >= 0.3 is 6.03 Å². The standard InChI is InChI=1S/C13H19FN2O3S/c1-10(19-12-6-4-3-5-11(12)14)9-16-13(17)15-7-8-20(2)18/h3-6,10H,7-9H2,1-2H3,(H2,15,16,17)/t10-,20-/m0/s1. The molecule has 0 bridgehead atoms. The average Bonchev–Trinajstić information content (AvgIpc) is 2.39. The molecule has 0 saturated carbocycles. The molecule has 2 amide bonds. The van der Waals surface area contributed by atoms with Crippen molar-refractivity contribution in [1.29, 1.82) is 0 Å². The lowest BCUT2D eigenvalue weighted by Gasteiger charge is -2.16. The van der Waals surface area contributed by atoms with Gasteiger partial charge in [-0.25, -0.2) is 9.18 Å². The molecule has 7 heteroatoms. The van der Waals surface area contributed by atoms with E-state index in [0.29, 0.717) is 12.3 Å². The van der Waals surface area contributed by atoms with Crippen molar-refractivity contribution in [1.82, 2.24) is 10.6 Å². The van der Waals surface area contributed by atoms with Crippen LogP contribution in [0.15, 0.2) is 24.3 Å². The topological polar surface area (TPSA) is 67.4 Å². The maximum absolute atomic E-state index is 13.3. The van der Waals surface area contributed by atoms with Crippen LogP contribution in [0.2, 0.25) is 0 Å². The number of para-hydroxylation sites is 1. The zero-order chi connectivity index (χ0) is 15.0. The Hall–Kier alpha value is -1.63. The third kappa shape index (κ3) is 6.51. The van der Waals surface area contributed by atoms with Gasteiger partial charge in [0.25, 0.3) is 0 Å². The molecule has 0 saturated heterocycles. The Morgan fingerprint density at radius 1 is 1.40 bits per heavy atom. The van der Waals surface area contributed by atoms with E-state index < -0.39 is 16.6 Å². The van der Waals surface area contributed by atoms with E-state index >= 15 is 0 Å². The quantitative estimate of drug-likeness (QED) is 0.797. The second-order valence-electron chi connectivity index (χ2n) is 4.27. The van der Waals surface area contributed by atoms with Gasteiger partial charge in [0.05, 0.1) is 6.54 Å². The van der Waals surface area contributed by atoms with Crippen LogP contribution in [0.25, 0.3) is 0 Å². The van der Waals surface area contributed by atoms with E-state index in [0.717, 1.165) is 0 Å².